The predicted molar refractivity (Wildman–Crippen MR) is 53.3 cm³/mol. The molecule has 0 spiro atoms. The first kappa shape index (κ1) is 8.82. The second-order valence-electron chi connectivity index (χ2n) is 3.76. The lowest BCUT2D eigenvalue weighted by Crippen LogP contribution is -2.16. The third-order valence-corrected chi connectivity index (χ3v) is 2.96. The molecule has 0 saturated heterocycles. The molecule has 1 atom stereocenters. The highest BCUT2D eigenvalue weighted by atomic mass is 16.3. The van der Waals surface area contributed by atoms with Crippen molar-refractivity contribution in [1.29, 1.82) is 0 Å². The Balaban J connectivity index is 2.24. The molecule has 0 aromatic carbocycles. The fourth-order valence-electron chi connectivity index (χ4n) is 2.21. The van der Waals surface area contributed by atoms with Crippen LogP contribution < -0.4 is 5.32 Å². The van der Waals surface area contributed by atoms with E-state index in [1.54, 1.807) is 0 Å². The fraction of sp³-hybridized carbons (Fsp3) is 0.636. The summed E-state index contributed by atoms with van der Waals surface area (Å²) in [5.41, 5.74) is 3.87. The van der Waals surface area contributed by atoms with Crippen LogP contribution in [0.15, 0.2) is 22.9 Å². The van der Waals surface area contributed by atoms with E-state index in [0.29, 0.717) is 0 Å². The van der Waals surface area contributed by atoms with E-state index >= 15 is 0 Å². The fourth-order valence-corrected chi connectivity index (χ4v) is 2.21. The Hall–Kier alpha value is -0.760. The molecule has 0 saturated carbocycles. The van der Waals surface area contributed by atoms with Crippen LogP contribution in [0.4, 0.5) is 0 Å². The van der Waals surface area contributed by atoms with E-state index in [9.17, 15) is 5.11 Å². The number of aliphatic hydroxyl groups excluding tert-OH is 1. The first-order valence-corrected chi connectivity index (χ1v) is 5.17. The summed E-state index contributed by atoms with van der Waals surface area (Å²) >= 11 is 0. The first-order chi connectivity index (χ1) is 6.33. The van der Waals surface area contributed by atoms with E-state index in [-0.39, 0.29) is 6.10 Å². The van der Waals surface area contributed by atoms with Crippen molar-refractivity contribution in [2.24, 2.45) is 0 Å². The SMILES string of the molecule is CCC1=C(C2=CCCC2O)NCC1. The average molecular weight is 179 g/mol. The maximum absolute atomic E-state index is 9.72. The van der Waals surface area contributed by atoms with Crippen molar-refractivity contribution in [1.82, 2.24) is 5.32 Å². The van der Waals surface area contributed by atoms with Gasteiger partial charge in [0, 0.05) is 12.2 Å². The molecule has 13 heavy (non-hydrogen) atoms. The molecule has 0 fully saturated rings. The number of hydrogen-bond acceptors (Lipinski definition) is 2. The second kappa shape index (κ2) is 3.54. The van der Waals surface area contributed by atoms with E-state index in [4.69, 9.17) is 0 Å². The molecule has 1 unspecified atom stereocenters. The summed E-state index contributed by atoms with van der Waals surface area (Å²) in [5, 5.41) is 13.1. The Kier molecular flexibility index (Phi) is 2.40. The molecule has 0 bridgehead atoms. The molecule has 1 aliphatic heterocycles. The van der Waals surface area contributed by atoms with Gasteiger partial charge in [0.25, 0.3) is 0 Å². The van der Waals surface area contributed by atoms with E-state index in [1.165, 1.54) is 11.3 Å². The highest BCUT2D eigenvalue weighted by Crippen LogP contribution is 2.30. The largest absolute Gasteiger partial charge is 0.388 e. The number of hydrogen-bond donors (Lipinski definition) is 2. The van der Waals surface area contributed by atoms with Crippen molar-refractivity contribution >= 4 is 0 Å². The van der Waals surface area contributed by atoms with Crippen molar-refractivity contribution in [3.63, 3.8) is 0 Å². The summed E-state index contributed by atoms with van der Waals surface area (Å²) in [4.78, 5) is 0. The highest BCUT2D eigenvalue weighted by molar-refractivity contribution is 5.41. The Labute approximate surface area is 79.3 Å². The van der Waals surface area contributed by atoms with Crippen LogP contribution in [0.5, 0.6) is 0 Å². The van der Waals surface area contributed by atoms with Crippen molar-refractivity contribution in [3.8, 4) is 0 Å². The molecule has 2 nitrogen and oxygen atoms in total. The number of nitrogens with one attached hydrogen (secondary N) is 1. The van der Waals surface area contributed by atoms with Gasteiger partial charge in [0.15, 0.2) is 0 Å². The molecule has 0 aromatic heterocycles. The first-order valence-electron chi connectivity index (χ1n) is 5.17. The minimum Gasteiger partial charge on any atom is -0.388 e. The third kappa shape index (κ3) is 1.51. The molecule has 0 radical (unpaired) electrons. The Morgan fingerprint density at radius 2 is 2.46 bits per heavy atom. The average Bonchev–Trinajstić information content (AvgIpc) is 2.71. The van der Waals surface area contributed by atoms with Gasteiger partial charge in [0.2, 0.25) is 0 Å². The lowest BCUT2D eigenvalue weighted by atomic mass is 10.0. The van der Waals surface area contributed by atoms with Crippen LogP contribution in [0.25, 0.3) is 0 Å². The van der Waals surface area contributed by atoms with Crippen LogP contribution in [0, 0.1) is 0 Å². The summed E-state index contributed by atoms with van der Waals surface area (Å²) in [6, 6.07) is 0. The number of rotatable bonds is 2. The van der Waals surface area contributed by atoms with Gasteiger partial charge in [-0.15, -0.1) is 0 Å². The zero-order valence-corrected chi connectivity index (χ0v) is 8.14. The van der Waals surface area contributed by atoms with Crippen molar-refractivity contribution in [2.45, 2.75) is 38.7 Å². The molecule has 2 heteroatoms. The standard InChI is InChI=1S/C11H17NO/c1-2-8-6-7-12-11(8)9-4-3-5-10(9)13/h4,10,12-13H,2-3,5-7H2,1H3. The van der Waals surface area contributed by atoms with Gasteiger partial charge in [0.1, 0.15) is 0 Å². The third-order valence-electron chi connectivity index (χ3n) is 2.96. The molecule has 72 valence electrons. The van der Waals surface area contributed by atoms with E-state index < -0.39 is 0 Å². The smallest absolute Gasteiger partial charge is 0.0809 e. The van der Waals surface area contributed by atoms with Gasteiger partial charge in [-0.05, 0) is 36.8 Å². The van der Waals surface area contributed by atoms with Gasteiger partial charge in [-0.25, -0.2) is 0 Å². The zero-order valence-electron chi connectivity index (χ0n) is 8.14. The second-order valence-corrected chi connectivity index (χ2v) is 3.76. The van der Waals surface area contributed by atoms with Gasteiger partial charge in [-0.3, -0.25) is 0 Å². The van der Waals surface area contributed by atoms with E-state index in [0.717, 1.165) is 37.8 Å². The molecular weight excluding hydrogens is 162 g/mol. The summed E-state index contributed by atoms with van der Waals surface area (Å²) in [7, 11) is 0. The molecule has 2 N–H and O–H groups in total. The minimum absolute atomic E-state index is 0.220. The van der Waals surface area contributed by atoms with Crippen LogP contribution >= 0.6 is 0 Å². The summed E-state index contributed by atoms with van der Waals surface area (Å²) in [5.74, 6) is 0. The normalized spacial score (nSPS) is 27.8. The molecule has 0 aromatic rings. The Morgan fingerprint density at radius 1 is 1.62 bits per heavy atom. The summed E-state index contributed by atoms with van der Waals surface area (Å²) < 4.78 is 0. The lowest BCUT2D eigenvalue weighted by Gasteiger charge is -2.12. The lowest BCUT2D eigenvalue weighted by molar-refractivity contribution is 0.213. The zero-order chi connectivity index (χ0) is 9.26. The van der Waals surface area contributed by atoms with Crippen molar-refractivity contribution in [3.05, 3.63) is 22.9 Å². The minimum atomic E-state index is -0.220. The summed E-state index contributed by atoms with van der Waals surface area (Å²) in [6.45, 7) is 3.23. The molecule has 2 rings (SSSR count). The van der Waals surface area contributed by atoms with E-state index in [2.05, 4.69) is 18.3 Å². The maximum Gasteiger partial charge on any atom is 0.0809 e. The maximum atomic E-state index is 9.72. The van der Waals surface area contributed by atoms with Crippen LogP contribution in [0.1, 0.15) is 32.6 Å². The van der Waals surface area contributed by atoms with Gasteiger partial charge >= 0.3 is 0 Å². The van der Waals surface area contributed by atoms with Crippen LogP contribution in [0.3, 0.4) is 0 Å². The molecule has 1 aliphatic carbocycles. The van der Waals surface area contributed by atoms with E-state index in [1.807, 2.05) is 0 Å². The molecule has 0 amide bonds. The molecule has 2 aliphatic rings. The van der Waals surface area contributed by atoms with Gasteiger partial charge in [-0.2, -0.15) is 0 Å². The van der Waals surface area contributed by atoms with Crippen LogP contribution in [-0.2, 0) is 0 Å². The topological polar surface area (TPSA) is 32.3 Å². The monoisotopic (exact) mass is 179 g/mol. The highest BCUT2D eigenvalue weighted by Gasteiger charge is 2.24. The van der Waals surface area contributed by atoms with Crippen molar-refractivity contribution in [2.75, 3.05) is 6.54 Å². The van der Waals surface area contributed by atoms with Gasteiger partial charge in [0.05, 0.1) is 6.10 Å². The van der Waals surface area contributed by atoms with Crippen molar-refractivity contribution < 1.29 is 5.11 Å². The van der Waals surface area contributed by atoms with Gasteiger partial charge in [-0.1, -0.05) is 13.0 Å². The Morgan fingerprint density at radius 3 is 3.08 bits per heavy atom. The quantitative estimate of drug-likeness (QED) is 0.676. The summed E-state index contributed by atoms with van der Waals surface area (Å²) in [6.07, 6.45) is 6.13. The molecular formula is C11H17NO. The number of aliphatic hydroxyl groups is 1. The van der Waals surface area contributed by atoms with Crippen LogP contribution in [-0.4, -0.2) is 17.8 Å². The molecule has 1 heterocycles. The number of allylic oxidation sites excluding steroid dienone is 1. The Bertz CT molecular complexity index is 265. The predicted octanol–water partition coefficient (Wildman–Crippen LogP) is 1.72. The van der Waals surface area contributed by atoms with Crippen LogP contribution in [0.2, 0.25) is 0 Å². The van der Waals surface area contributed by atoms with Gasteiger partial charge < -0.3 is 10.4 Å².